The quantitative estimate of drug-likeness (QED) is 0.847. The van der Waals surface area contributed by atoms with Crippen molar-refractivity contribution in [3.05, 3.63) is 45.3 Å². The van der Waals surface area contributed by atoms with E-state index in [4.69, 9.17) is 20.8 Å². The second-order valence-corrected chi connectivity index (χ2v) is 5.39. The molecule has 7 heteroatoms. The maximum Gasteiger partial charge on any atom is 0.375 e. The van der Waals surface area contributed by atoms with E-state index in [0.29, 0.717) is 11.6 Å². The summed E-state index contributed by atoms with van der Waals surface area (Å²) < 4.78 is 10.4. The molecular weight excluding hydrogens is 322 g/mol. The molecule has 6 nitrogen and oxygen atoms in total. The van der Waals surface area contributed by atoms with E-state index in [-0.39, 0.29) is 16.7 Å². The van der Waals surface area contributed by atoms with Gasteiger partial charge in [-0.1, -0.05) is 18.5 Å². The number of esters is 1. The minimum Gasteiger partial charge on any atom is -0.449 e. The number of ether oxygens (including phenoxy) is 1. The third-order valence-corrected chi connectivity index (χ3v) is 3.33. The summed E-state index contributed by atoms with van der Waals surface area (Å²) in [6, 6.07) is 5.52. The Balaban J connectivity index is 2.20. The standard InChI is InChI=1S/C16H16ClNO5/c1-3-6-18-15(20)9(2)22-16(21)14-8-12(19)11-7-10(17)4-5-13(11)23-14/h4-5,7-9H,3,6H2,1-2H3,(H,18,20)/t9-/m1/s1. The van der Waals surface area contributed by atoms with Gasteiger partial charge in [0.2, 0.25) is 5.76 Å². The first-order valence-corrected chi connectivity index (χ1v) is 7.52. The van der Waals surface area contributed by atoms with Crippen LogP contribution in [0, 0.1) is 0 Å². The van der Waals surface area contributed by atoms with Crippen molar-refractivity contribution in [2.24, 2.45) is 0 Å². The van der Waals surface area contributed by atoms with Crippen LogP contribution in [-0.2, 0) is 9.53 Å². The monoisotopic (exact) mass is 337 g/mol. The Morgan fingerprint density at radius 2 is 2.09 bits per heavy atom. The van der Waals surface area contributed by atoms with Crippen LogP contribution in [0.4, 0.5) is 0 Å². The molecule has 1 amide bonds. The lowest BCUT2D eigenvalue weighted by Crippen LogP contribution is -2.36. The van der Waals surface area contributed by atoms with Gasteiger partial charge in [0.25, 0.3) is 5.91 Å². The van der Waals surface area contributed by atoms with Crippen LogP contribution in [0.15, 0.2) is 33.5 Å². The minimum atomic E-state index is -0.986. The average molecular weight is 338 g/mol. The Labute approximate surface area is 137 Å². The van der Waals surface area contributed by atoms with E-state index in [0.717, 1.165) is 12.5 Å². The number of carbonyl (C=O) groups is 2. The van der Waals surface area contributed by atoms with Crippen molar-refractivity contribution in [2.75, 3.05) is 6.54 Å². The number of hydrogen-bond acceptors (Lipinski definition) is 5. The Morgan fingerprint density at radius 1 is 1.35 bits per heavy atom. The van der Waals surface area contributed by atoms with Crippen LogP contribution in [0.3, 0.4) is 0 Å². The molecule has 1 aromatic heterocycles. The highest BCUT2D eigenvalue weighted by Gasteiger charge is 2.21. The van der Waals surface area contributed by atoms with Crippen LogP contribution in [0.1, 0.15) is 30.8 Å². The minimum absolute atomic E-state index is 0.219. The summed E-state index contributed by atoms with van der Waals surface area (Å²) in [5.74, 6) is -1.55. The summed E-state index contributed by atoms with van der Waals surface area (Å²) >= 11 is 5.82. The first-order chi connectivity index (χ1) is 10.9. The lowest BCUT2D eigenvalue weighted by Gasteiger charge is -2.12. The zero-order valence-corrected chi connectivity index (χ0v) is 13.5. The Hall–Kier alpha value is -2.34. The molecule has 0 bridgehead atoms. The third kappa shape index (κ3) is 4.10. The molecule has 1 heterocycles. The van der Waals surface area contributed by atoms with E-state index in [1.807, 2.05) is 6.92 Å². The molecule has 122 valence electrons. The summed E-state index contributed by atoms with van der Waals surface area (Å²) in [4.78, 5) is 35.7. The van der Waals surface area contributed by atoms with Gasteiger partial charge in [0, 0.05) is 17.6 Å². The van der Waals surface area contributed by atoms with Crippen LogP contribution in [0.25, 0.3) is 11.0 Å². The molecule has 0 radical (unpaired) electrons. The van der Waals surface area contributed by atoms with Crippen molar-refractivity contribution >= 4 is 34.4 Å². The Bertz CT molecular complexity index is 799. The summed E-state index contributed by atoms with van der Waals surface area (Å²) in [6.07, 6.45) is -0.214. The van der Waals surface area contributed by atoms with Crippen molar-refractivity contribution in [3.63, 3.8) is 0 Å². The van der Waals surface area contributed by atoms with E-state index >= 15 is 0 Å². The summed E-state index contributed by atoms with van der Waals surface area (Å²) in [7, 11) is 0. The average Bonchev–Trinajstić information content (AvgIpc) is 2.52. The third-order valence-electron chi connectivity index (χ3n) is 3.09. The van der Waals surface area contributed by atoms with Gasteiger partial charge < -0.3 is 14.5 Å². The van der Waals surface area contributed by atoms with E-state index in [1.165, 1.54) is 19.1 Å². The van der Waals surface area contributed by atoms with Crippen molar-refractivity contribution in [1.29, 1.82) is 0 Å². The summed E-state index contributed by atoms with van der Waals surface area (Å²) in [5, 5.41) is 3.27. The molecule has 1 atom stereocenters. The molecule has 0 fully saturated rings. The molecule has 2 rings (SSSR count). The lowest BCUT2D eigenvalue weighted by molar-refractivity contribution is -0.129. The molecule has 2 aromatic rings. The van der Waals surface area contributed by atoms with Crippen molar-refractivity contribution in [1.82, 2.24) is 5.32 Å². The van der Waals surface area contributed by atoms with Gasteiger partial charge in [0.15, 0.2) is 11.5 Å². The van der Waals surface area contributed by atoms with E-state index in [9.17, 15) is 14.4 Å². The van der Waals surface area contributed by atoms with E-state index < -0.39 is 23.4 Å². The van der Waals surface area contributed by atoms with Gasteiger partial charge >= 0.3 is 5.97 Å². The molecule has 1 N–H and O–H groups in total. The van der Waals surface area contributed by atoms with Gasteiger partial charge in [0.1, 0.15) is 5.58 Å². The summed E-state index contributed by atoms with van der Waals surface area (Å²) in [5.41, 5.74) is -0.194. The van der Waals surface area contributed by atoms with Crippen LogP contribution in [0.2, 0.25) is 5.02 Å². The Morgan fingerprint density at radius 3 is 2.78 bits per heavy atom. The first-order valence-electron chi connectivity index (χ1n) is 7.14. The number of fused-ring (bicyclic) bond motifs is 1. The second-order valence-electron chi connectivity index (χ2n) is 4.95. The zero-order chi connectivity index (χ0) is 17.0. The fourth-order valence-corrected chi connectivity index (χ4v) is 2.07. The van der Waals surface area contributed by atoms with E-state index in [1.54, 1.807) is 6.07 Å². The molecule has 0 spiro atoms. The number of nitrogens with one attached hydrogen (secondary N) is 1. The number of carbonyl (C=O) groups excluding carboxylic acids is 2. The summed E-state index contributed by atoms with van der Waals surface area (Å²) in [6.45, 7) is 3.85. The number of rotatable bonds is 5. The molecule has 0 aliphatic rings. The molecule has 1 aromatic carbocycles. The molecular formula is C16H16ClNO5. The number of benzene rings is 1. The molecule has 23 heavy (non-hydrogen) atoms. The van der Waals surface area contributed by atoms with Crippen LogP contribution in [0.5, 0.6) is 0 Å². The van der Waals surface area contributed by atoms with Crippen LogP contribution in [-0.4, -0.2) is 24.5 Å². The topological polar surface area (TPSA) is 85.6 Å². The lowest BCUT2D eigenvalue weighted by atomic mass is 10.2. The highest BCUT2D eigenvalue weighted by molar-refractivity contribution is 6.31. The van der Waals surface area contributed by atoms with Gasteiger partial charge in [0.05, 0.1) is 5.39 Å². The molecule has 0 aliphatic carbocycles. The second kappa shape index (κ2) is 7.28. The largest absolute Gasteiger partial charge is 0.449 e. The van der Waals surface area contributed by atoms with Crippen LogP contribution < -0.4 is 10.7 Å². The SMILES string of the molecule is CCCNC(=O)[C@@H](C)OC(=O)c1cc(=O)c2cc(Cl)ccc2o1. The van der Waals surface area contributed by atoms with Gasteiger partial charge in [-0.25, -0.2) is 4.79 Å². The smallest absolute Gasteiger partial charge is 0.375 e. The van der Waals surface area contributed by atoms with Crippen molar-refractivity contribution < 1.29 is 18.7 Å². The number of amides is 1. The fraction of sp³-hybridized carbons (Fsp3) is 0.312. The maximum absolute atomic E-state index is 12.0. The highest BCUT2D eigenvalue weighted by Crippen LogP contribution is 2.18. The van der Waals surface area contributed by atoms with Crippen molar-refractivity contribution in [2.45, 2.75) is 26.4 Å². The number of hydrogen-bond donors (Lipinski definition) is 1. The fourth-order valence-electron chi connectivity index (χ4n) is 1.89. The number of halogens is 1. The van der Waals surface area contributed by atoms with Crippen molar-refractivity contribution in [3.8, 4) is 0 Å². The molecule has 0 aliphatic heterocycles. The maximum atomic E-state index is 12.0. The van der Waals surface area contributed by atoms with Gasteiger partial charge in [-0.15, -0.1) is 0 Å². The molecule has 0 saturated heterocycles. The van der Waals surface area contributed by atoms with Gasteiger partial charge in [-0.2, -0.15) is 0 Å². The predicted molar refractivity (Wildman–Crippen MR) is 85.7 cm³/mol. The zero-order valence-electron chi connectivity index (χ0n) is 12.7. The normalized spacial score (nSPS) is 12.0. The molecule has 0 saturated carbocycles. The van der Waals surface area contributed by atoms with Gasteiger partial charge in [-0.05, 0) is 31.5 Å². The van der Waals surface area contributed by atoms with E-state index in [2.05, 4.69) is 5.32 Å². The molecule has 0 unspecified atom stereocenters. The highest BCUT2D eigenvalue weighted by atomic mass is 35.5. The first kappa shape index (κ1) is 17.0. The van der Waals surface area contributed by atoms with Crippen LogP contribution >= 0.6 is 11.6 Å². The van der Waals surface area contributed by atoms with Gasteiger partial charge in [-0.3, -0.25) is 9.59 Å². The Kier molecular flexibility index (Phi) is 5.39. The predicted octanol–water partition coefficient (Wildman–Crippen LogP) is 2.52.